The minimum Gasteiger partial charge on any atom is -0.759 e. The molecule has 0 aliphatic carbocycles. The van der Waals surface area contributed by atoms with Crippen LogP contribution < -0.4 is 58.2 Å². The van der Waals surface area contributed by atoms with Crippen LogP contribution in [0, 0.1) is 0 Å². The Morgan fingerprint density at radius 3 is 1.14 bits per heavy atom. The number of hydrogen-bond donors (Lipinski definition) is 0. The molecule has 0 aliphatic rings. The molecule has 0 atom stereocenters. The van der Waals surface area contributed by atoms with Gasteiger partial charge in [-0.2, -0.15) is 0 Å². The quantitative estimate of drug-likeness (QED) is 0.242. The summed E-state index contributed by atoms with van der Waals surface area (Å²) >= 11 is 0. The molecule has 0 amide bonds. The largest absolute Gasteiger partial charge is 2.00 e. The van der Waals surface area contributed by atoms with Crippen molar-refractivity contribution in [3.63, 3.8) is 0 Å². The average Bonchev–Trinajstić information content (AvgIpc) is 0.722. The van der Waals surface area contributed by atoms with Crippen molar-refractivity contribution in [2.75, 3.05) is 0 Å². The van der Waals surface area contributed by atoms with E-state index in [0.29, 0.717) is 0 Å². The van der Waals surface area contributed by atoms with Crippen molar-refractivity contribution < 1.29 is 92.8 Å². The van der Waals surface area contributed by atoms with Crippen molar-refractivity contribution in [1.29, 1.82) is 0 Å². The Morgan fingerprint density at radius 2 is 1.14 bits per heavy atom. The van der Waals surface area contributed by atoms with Gasteiger partial charge in [0.15, 0.2) is 0 Å². The maximum Gasteiger partial charge on any atom is 2.00 e. The summed E-state index contributed by atoms with van der Waals surface area (Å²) in [4.78, 5) is 0. The second-order valence-electron chi connectivity index (χ2n) is 0.408. The SMILES string of the molecule is O=S(=O)([O-])[O-].[Mn+2].[Rb+]. The molecule has 0 rings (SSSR count). The van der Waals surface area contributed by atoms with E-state index in [1.54, 1.807) is 0 Å². The third-order valence-electron chi connectivity index (χ3n) is 0. The molecule has 0 aromatic heterocycles. The molecule has 0 spiro atoms. The van der Waals surface area contributed by atoms with Crippen molar-refractivity contribution in [2.24, 2.45) is 0 Å². The molecule has 0 aromatic carbocycles. The van der Waals surface area contributed by atoms with Crippen LogP contribution in [0.25, 0.3) is 0 Å². The van der Waals surface area contributed by atoms with Crippen LogP contribution in [0.1, 0.15) is 0 Å². The smallest absolute Gasteiger partial charge is 0.759 e. The first kappa shape index (κ1) is 16.1. The predicted molar refractivity (Wildman–Crippen MR) is 10.5 cm³/mol. The molecule has 0 fully saturated rings. The van der Waals surface area contributed by atoms with Gasteiger partial charge in [-0.25, -0.2) is 0 Å². The third-order valence-corrected chi connectivity index (χ3v) is 0. The zero-order chi connectivity index (χ0) is 4.50. The normalized spacial score (nSPS) is 8.29. The van der Waals surface area contributed by atoms with E-state index in [-0.39, 0.29) is 75.3 Å². The number of rotatable bonds is 0. The fourth-order valence-electron chi connectivity index (χ4n) is 0. The minimum absolute atomic E-state index is 0. The van der Waals surface area contributed by atoms with Crippen LogP contribution in [0.4, 0.5) is 0 Å². The first-order valence-corrected chi connectivity index (χ1v) is 2.00. The summed E-state index contributed by atoms with van der Waals surface area (Å²) in [6.07, 6.45) is 0. The zero-order valence-electron chi connectivity index (χ0n) is 3.42. The van der Waals surface area contributed by atoms with Gasteiger partial charge in [0.2, 0.25) is 0 Å². The van der Waals surface area contributed by atoms with Gasteiger partial charge in [0.1, 0.15) is 0 Å². The van der Waals surface area contributed by atoms with Gasteiger partial charge in [-0.05, 0) is 0 Å². The van der Waals surface area contributed by atoms with Crippen LogP contribution in [0.15, 0.2) is 0 Å². The maximum absolute atomic E-state index is 8.52. The fraction of sp³-hybridized carbons (Fsp3) is 0. The minimum atomic E-state index is -5.17. The Labute approximate surface area is 101 Å². The third kappa shape index (κ3) is 65.3. The predicted octanol–water partition coefficient (Wildman–Crippen LogP) is -4.34. The molecule has 0 saturated carbocycles. The molecule has 0 bridgehead atoms. The summed E-state index contributed by atoms with van der Waals surface area (Å²) in [7, 11) is -5.17. The Morgan fingerprint density at radius 1 is 1.14 bits per heavy atom. The maximum atomic E-state index is 8.52. The van der Waals surface area contributed by atoms with E-state index in [1.165, 1.54) is 0 Å². The van der Waals surface area contributed by atoms with Crippen LogP contribution in [0.5, 0.6) is 0 Å². The van der Waals surface area contributed by atoms with Gasteiger partial charge in [0, 0.05) is 10.4 Å². The summed E-state index contributed by atoms with van der Waals surface area (Å²) in [6.45, 7) is 0. The average molecular weight is 236 g/mol. The molecule has 0 aliphatic heterocycles. The summed E-state index contributed by atoms with van der Waals surface area (Å²) in [5, 5.41) is 0. The summed E-state index contributed by atoms with van der Waals surface area (Å²) < 4.78 is 34.1. The van der Waals surface area contributed by atoms with E-state index in [1.807, 2.05) is 0 Å². The van der Waals surface area contributed by atoms with E-state index in [0.717, 1.165) is 0 Å². The fourth-order valence-corrected chi connectivity index (χ4v) is 0. The van der Waals surface area contributed by atoms with E-state index in [4.69, 9.17) is 17.5 Å². The Hall–Kier alpha value is 2.19. The Kier molecular flexibility index (Phi) is 14.5. The van der Waals surface area contributed by atoms with Gasteiger partial charge >= 0.3 is 75.3 Å². The van der Waals surface area contributed by atoms with Crippen LogP contribution in [-0.4, -0.2) is 17.5 Å². The first-order chi connectivity index (χ1) is 2.00. The van der Waals surface area contributed by atoms with Gasteiger partial charge in [-0.15, -0.1) is 0 Å². The van der Waals surface area contributed by atoms with Crippen molar-refractivity contribution in [2.45, 2.75) is 0 Å². The topological polar surface area (TPSA) is 80.3 Å². The molecule has 1 radical (unpaired) electrons. The Balaban J connectivity index is -0.0000000800. The molecule has 37 valence electrons. The van der Waals surface area contributed by atoms with Gasteiger partial charge < -0.3 is 9.11 Å². The molecule has 0 aromatic rings. The van der Waals surface area contributed by atoms with Crippen molar-refractivity contribution >= 4 is 10.4 Å². The van der Waals surface area contributed by atoms with Crippen LogP contribution in [-0.2, 0) is 27.5 Å². The number of hydrogen-bond acceptors (Lipinski definition) is 4. The second kappa shape index (κ2) is 6.32. The summed E-state index contributed by atoms with van der Waals surface area (Å²) in [5.41, 5.74) is 0. The van der Waals surface area contributed by atoms with E-state index in [2.05, 4.69) is 0 Å². The van der Waals surface area contributed by atoms with E-state index >= 15 is 0 Å². The van der Waals surface area contributed by atoms with E-state index in [9.17, 15) is 0 Å². The van der Waals surface area contributed by atoms with Crippen LogP contribution in [0.2, 0.25) is 0 Å². The Bertz CT molecular complexity index is 94.9. The van der Waals surface area contributed by atoms with Crippen molar-refractivity contribution in [3.05, 3.63) is 0 Å². The van der Waals surface area contributed by atoms with Gasteiger partial charge in [0.25, 0.3) is 0 Å². The molecule has 7 heavy (non-hydrogen) atoms. The molecule has 0 N–H and O–H groups in total. The monoisotopic (exact) mass is 236 g/mol. The van der Waals surface area contributed by atoms with Crippen molar-refractivity contribution in [3.8, 4) is 0 Å². The van der Waals surface area contributed by atoms with E-state index < -0.39 is 10.4 Å². The summed E-state index contributed by atoms with van der Waals surface area (Å²) in [5.74, 6) is 0. The first-order valence-electron chi connectivity index (χ1n) is 0.667. The molecule has 0 heterocycles. The van der Waals surface area contributed by atoms with Gasteiger partial charge in [-0.3, -0.25) is 8.42 Å². The van der Waals surface area contributed by atoms with Gasteiger partial charge in [-0.1, -0.05) is 0 Å². The molecule has 4 nitrogen and oxygen atoms in total. The molecule has 7 heteroatoms. The zero-order valence-corrected chi connectivity index (χ0v) is 10.3. The molecular weight excluding hydrogens is 236 g/mol. The summed E-state index contributed by atoms with van der Waals surface area (Å²) in [6, 6.07) is 0. The molecule has 0 saturated heterocycles. The van der Waals surface area contributed by atoms with Gasteiger partial charge in [0.05, 0.1) is 0 Å². The second-order valence-corrected chi connectivity index (χ2v) is 1.22. The van der Waals surface area contributed by atoms with Crippen LogP contribution in [0.3, 0.4) is 0 Å². The standard InChI is InChI=1S/Mn.H2O4S.Rb/c;1-5(2,3)4;/h;(H2,1,2,3,4);/q+2;;+1/p-2. The molecule has 0 unspecified atom stereocenters. The van der Waals surface area contributed by atoms with Crippen LogP contribution >= 0.6 is 0 Å². The van der Waals surface area contributed by atoms with Crippen molar-refractivity contribution in [1.82, 2.24) is 0 Å². The molecular formula is MnO4RbS+.